The molecule has 19 heavy (non-hydrogen) atoms. The summed E-state index contributed by atoms with van der Waals surface area (Å²) in [4.78, 5) is 0. The molecule has 0 unspecified atom stereocenters. The van der Waals surface area contributed by atoms with E-state index in [1.165, 1.54) is 24.4 Å². The van der Waals surface area contributed by atoms with Crippen LogP contribution in [0.4, 0.5) is 0 Å². The average Bonchev–Trinajstić information content (AvgIpc) is 2.77. The van der Waals surface area contributed by atoms with E-state index in [4.69, 9.17) is 0 Å². The highest BCUT2D eigenvalue weighted by atomic mass is 32.2. The van der Waals surface area contributed by atoms with Crippen LogP contribution < -0.4 is 5.32 Å². The van der Waals surface area contributed by atoms with E-state index in [9.17, 15) is 0 Å². The zero-order valence-electron chi connectivity index (χ0n) is 12.1. The van der Waals surface area contributed by atoms with Gasteiger partial charge in [-0.1, -0.05) is 25.6 Å². The van der Waals surface area contributed by atoms with Crippen LogP contribution in [0.25, 0.3) is 0 Å². The SMILES string of the molecule is CC(C)SCCSc1nnc(C2CCNCC2)n1C. The summed E-state index contributed by atoms with van der Waals surface area (Å²) in [6, 6.07) is 0. The molecule has 0 aromatic carbocycles. The molecule has 108 valence electrons. The highest BCUT2D eigenvalue weighted by Crippen LogP contribution is 2.26. The third-order valence-corrected chi connectivity index (χ3v) is 5.73. The minimum atomic E-state index is 0.582. The summed E-state index contributed by atoms with van der Waals surface area (Å²) in [5.74, 6) is 4.04. The van der Waals surface area contributed by atoms with Crippen molar-refractivity contribution in [1.29, 1.82) is 0 Å². The standard InChI is InChI=1S/C13H24N4S2/c1-10(2)18-8-9-19-13-16-15-12(17(13)3)11-4-6-14-7-5-11/h10-11,14H,4-9H2,1-3H3. The zero-order valence-corrected chi connectivity index (χ0v) is 13.7. The highest BCUT2D eigenvalue weighted by molar-refractivity contribution is 8.03. The molecule has 1 saturated heterocycles. The quantitative estimate of drug-likeness (QED) is 0.646. The van der Waals surface area contributed by atoms with E-state index in [2.05, 4.69) is 41.0 Å². The lowest BCUT2D eigenvalue weighted by Crippen LogP contribution is -2.27. The van der Waals surface area contributed by atoms with E-state index < -0.39 is 0 Å². The van der Waals surface area contributed by atoms with Crippen molar-refractivity contribution in [3.8, 4) is 0 Å². The van der Waals surface area contributed by atoms with Gasteiger partial charge in [0.05, 0.1) is 0 Å². The average molecular weight is 300 g/mol. The lowest BCUT2D eigenvalue weighted by molar-refractivity contribution is 0.434. The summed E-state index contributed by atoms with van der Waals surface area (Å²) in [6.45, 7) is 6.69. The summed E-state index contributed by atoms with van der Waals surface area (Å²) in [5.41, 5.74) is 0. The molecule has 1 aliphatic heterocycles. The molecule has 0 saturated carbocycles. The fourth-order valence-corrected chi connectivity index (χ4v) is 4.06. The summed E-state index contributed by atoms with van der Waals surface area (Å²) in [7, 11) is 2.11. The van der Waals surface area contributed by atoms with Gasteiger partial charge < -0.3 is 9.88 Å². The molecule has 1 fully saturated rings. The van der Waals surface area contributed by atoms with E-state index in [1.807, 2.05) is 23.5 Å². The second-order valence-corrected chi connectivity index (χ2v) is 7.94. The largest absolute Gasteiger partial charge is 0.317 e. The van der Waals surface area contributed by atoms with Crippen LogP contribution in [-0.2, 0) is 7.05 Å². The third-order valence-electron chi connectivity index (χ3n) is 3.34. The lowest BCUT2D eigenvalue weighted by Gasteiger charge is -2.21. The molecule has 0 atom stereocenters. The number of piperidine rings is 1. The lowest BCUT2D eigenvalue weighted by atomic mass is 9.97. The molecule has 0 spiro atoms. The molecule has 4 nitrogen and oxygen atoms in total. The van der Waals surface area contributed by atoms with Crippen LogP contribution in [0.1, 0.15) is 38.4 Å². The molecule has 1 N–H and O–H groups in total. The predicted octanol–water partition coefficient (Wildman–Crippen LogP) is 2.52. The number of hydrogen-bond acceptors (Lipinski definition) is 5. The van der Waals surface area contributed by atoms with Crippen LogP contribution >= 0.6 is 23.5 Å². The zero-order chi connectivity index (χ0) is 13.7. The number of nitrogens with one attached hydrogen (secondary N) is 1. The van der Waals surface area contributed by atoms with Gasteiger partial charge in [-0.2, -0.15) is 11.8 Å². The Morgan fingerprint density at radius 3 is 2.68 bits per heavy atom. The van der Waals surface area contributed by atoms with Crippen LogP contribution in [0.3, 0.4) is 0 Å². The molecule has 2 heterocycles. The Balaban J connectivity index is 1.86. The van der Waals surface area contributed by atoms with Crippen molar-refractivity contribution in [3.05, 3.63) is 5.82 Å². The summed E-state index contributed by atoms with van der Waals surface area (Å²) < 4.78 is 2.20. The molecule has 0 amide bonds. The van der Waals surface area contributed by atoms with Gasteiger partial charge in [-0.3, -0.25) is 0 Å². The monoisotopic (exact) mass is 300 g/mol. The maximum atomic E-state index is 4.41. The Bertz CT molecular complexity index is 386. The van der Waals surface area contributed by atoms with Gasteiger partial charge in [0.1, 0.15) is 5.82 Å². The maximum absolute atomic E-state index is 4.41. The molecular weight excluding hydrogens is 276 g/mol. The van der Waals surface area contributed by atoms with Crippen molar-refractivity contribution >= 4 is 23.5 Å². The van der Waals surface area contributed by atoms with Gasteiger partial charge in [-0.15, -0.1) is 10.2 Å². The Morgan fingerprint density at radius 1 is 1.26 bits per heavy atom. The molecule has 2 rings (SSSR count). The van der Waals surface area contributed by atoms with Crippen molar-refractivity contribution in [2.45, 2.75) is 43.0 Å². The first-order valence-corrected chi connectivity index (χ1v) is 9.06. The molecule has 1 aliphatic rings. The number of hydrogen-bond donors (Lipinski definition) is 1. The van der Waals surface area contributed by atoms with E-state index in [0.29, 0.717) is 11.2 Å². The van der Waals surface area contributed by atoms with Gasteiger partial charge >= 0.3 is 0 Å². The molecule has 1 aromatic rings. The second kappa shape index (κ2) is 7.55. The first kappa shape index (κ1) is 15.2. The minimum absolute atomic E-state index is 0.582. The second-order valence-electron chi connectivity index (χ2n) is 5.19. The Hall–Kier alpha value is -0.200. The van der Waals surface area contributed by atoms with Crippen LogP contribution in [0, 0.1) is 0 Å². The van der Waals surface area contributed by atoms with E-state index in [0.717, 1.165) is 24.0 Å². The van der Waals surface area contributed by atoms with Crippen molar-refractivity contribution in [2.24, 2.45) is 7.05 Å². The van der Waals surface area contributed by atoms with Gasteiger partial charge in [0.2, 0.25) is 0 Å². The molecule has 0 aliphatic carbocycles. The van der Waals surface area contributed by atoms with Gasteiger partial charge in [0.15, 0.2) is 5.16 Å². The van der Waals surface area contributed by atoms with Crippen molar-refractivity contribution < 1.29 is 0 Å². The first-order chi connectivity index (χ1) is 9.18. The highest BCUT2D eigenvalue weighted by Gasteiger charge is 2.21. The minimum Gasteiger partial charge on any atom is -0.317 e. The van der Waals surface area contributed by atoms with E-state index >= 15 is 0 Å². The number of aromatic nitrogens is 3. The first-order valence-electron chi connectivity index (χ1n) is 7.03. The van der Waals surface area contributed by atoms with Gasteiger partial charge in [-0.25, -0.2) is 0 Å². The van der Waals surface area contributed by atoms with Crippen molar-refractivity contribution in [3.63, 3.8) is 0 Å². The topological polar surface area (TPSA) is 42.7 Å². The Morgan fingerprint density at radius 2 is 2.00 bits per heavy atom. The van der Waals surface area contributed by atoms with E-state index in [1.54, 1.807) is 0 Å². The maximum Gasteiger partial charge on any atom is 0.190 e. The Kier molecular flexibility index (Phi) is 6.04. The summed E-state index contributed by atoms with van der Waals surface area (Å²) >= 11 is 3.83. The summed E-state index contributed by atoms with van der Waals surface area (Å²) in [6.07, 6.45) is 2.36. The van der Waals surface area contributed by atoms with Crippen molar-refractivity contribution in [1.82, 2.24) is 20.1 Å². The molecule has 1 aromatic heterocycles. The molecule has 0 bridgehead atoms. The number of nitrogens with zero attached hydrogens (tertiary/aromatic N) is 3. The molecule has 6 heteroatoms. The van der Waals surface area contributed by atoms with Gasteiger partial charge in [0, 0.05) is 24.5 Å². The van der Waals surface area contributed by atoms with Gasteiger partial charge in [0.25, 0.3) is 0 Å². The third kappa shape index (κ3) is 4.39. The summed E-state index contributed by atoms with van der Waals surface area (Å²) in [5, 5.41) is 13.9. The predicted molar refractivity (Wildman–Crippen MR) is 84.2 cm³/mol. The number of rotatable bonds is 6. The number of thioether (sulfide) groups is 2. The fraction of sp³-hybridized carbons (Fsp3) is 0.846. The van der Waals surface area contributed by atoms with E-state index in [-0.39, 0.29) is 0 Å². The smallest absolute Gasteiger partial charge is 0.190 e. The van der Waals surface area contributed by atoms with Crippen LogP contribution in [0.2, 0.25) is 0 Å². The molecular formula is C13H24N4S2. The van der Waals surface area contributed by atoms with Gasteiger partial charge in [-0.05, 0) is 31.2 Å². The normalized spacial score (nSPS) is 17.3. The fourth-order valence-electron chi connectivity index (χ4n) is 2.30. The van der Waals surface area contributed by atoms with Crippen LogP contribution in [-0.4, -0.2) is 44.6 Å². The van der Waals surface area contributed by atoms with Crippen molar-refractivity contribution in [2.75, 3.05) is 24.6 Å². The van der Waals surface area contributed by atoms with Crippen LogP contribution in [0.15, 0.2) is 5.16 Å². The molecule has 0 radical (unpaired) electrons. The van der Waals surface area contributed by atoms with Crippen LogP contribution in [0.5, 0.6) is 0 Å². The Labute approximate surface area is 124 Å².